The topological polar surface area (TPSA) is 102 Å². The average molecular weight is 210 g/mol. The summed E-state index contributed by atoms with van der Waals surface area (Å²) >= 11 is 0. The van der Waals surface area contributed by atoms with Crippen molar-refractivity contribution < 1.29 is 14.7 Å². The van der Waals surface area contributed by atoms with Crippen LogP contribution in [-0.4, -0.2) is 17.1 Å². The maximum absolute atomic E-state index is 10.9. The fourth-order valence-electron chi connectivity index (χ4n) is 1.07. The molecule has 0 unspecified atom stereocenters. The molecular weight excluding hydrogens is 200 g/mol. The fourth-order valence-corrected chi connectivity index (χ4v) is 1.07. The summed E-state index contributed by atoms with van der Waals surface area (Å²) < 4.78 is 0. The number of hydrogen-bond acceptors (Lipinski definition) is 6. The van der Waals surface area contributed by atoms with Gasteiger partial charge in [0.25, 0.3) is 0 Å². The van der Waals surface area contributed by atoms with Crippen LogP contribution >= 0.6 is 0 Å². The minimum absolute atomic E-state index is 0.129. The molecule has 15 heavy (non-hydrogen) atoms. The maximum atomic E-state index is 10.9. The zero-order valence-corrected chi connectivity index (χ0v) is 7.79. The average Bonchev–Trinajstić information content (AvgIpc) is 2.22. The second-order valence-electron chi connectivity index (χ2n) is 2.96. The molecule has 6 heteroatoms. The van der Waals surface area contributed by atoms with Crippen LogP contribution in [0, 0.1) is 4.91 Å². The van der Waals surface area contributed by atoms with Gasteiger partial charge in [-0.05, 0) is 24.1 Å². The van der Waals surface area contributed by atoms with Crippen LogP contribution in [0.2, 0.25) is 0 Å². The van der Waals surface area contributed by atoms with Crippen molar-refractivity contribution in [3.8, 4) is 5.75 Å². The van der Waals surface area contributed by atoms with Gasteiger partial charge >= 0.3 is 5.97 Å². The van der Waals surface area contributed by atoms with Gasteiger partial charge in [0.1, 0.15) is 11.8 Å². The van der Waals surface area contributed by atoms with Gasteiger partial charge < -0.3 is 10.8 Å². The fraction of sp³-hybridized carbons (Fsp3) is 0.222. The number of phenols is 1. The number of rotatable bonds is 4. The van der Waals surface area contributed by atoms with Crippen molar-refractivity contribution in [1.82, 2.24) is 0 Å². The maximum Gasteiger partial charge on any atom is 0.355 e. The summed E-state index contributed by atoms with van der Waals surface area (Å²) in [5.41, 5.74) is 6.19. The summed E-state index contributed by atoms with van der Waals surface area (Å²) in [5.74, 6) is -0.748. The highest BCUT2D eigenvalue weighted by molar-refractivity contribution is 5.75. The predicted molar refractivity (Wildman–Crippen MR) is 51.7 cm³/mol. The number of benzene rings is 1. The molecule has 6 nitrogen and oxygen atoms in total. The quantitative estimate of drug-likeness (QED) is 0.556. The van der Waals surface area contributed by atoms with E-state index < -0.39 is 12.0 Å². The molecule has 0 saturated carbocycles. The van der Waals surface area contributed by atoms with Crippen LogP contribution in [0.25, 0.3) is 0 Å². The van der Waals surface area contributed by atoms with E-state index in [0.29, 0.717) is 0 Å². The van der Waals surface area contributed by atoms with E-state index in [1.165, 1.54) is 12.1 Å². The van der Waals surface area contributed by atoms with E-state index in [-0.39, 0.29) is 12.2 Å². The van der Waals surface area contributed by atoms with E-state index in [2.05, 4.69) is 4.84 Å². The third-order valence-electron chi connectivity index (χ3n) is 1.82. The Hall–Kier alpha value is -1.95. The van der Waals surface area contributed by atoms with E-state index in [1.54, 1.807) is 12.1 Å². The highest BCUT2D eigenvalue weighted by Crippen LogP contribution is 2.11. The highest BCUT2D eigenvalue weighted by Gasteiger charge is 2.16. The largest absolute Gasteiger partial charge is 0.508 e. The third kappa shape index (κ3) is 3.35. The number of nitrogens with two attached hydrogens (primary N) is 1. The van der Waals surface area contributed by atoms with Gasteiger partial charge in [0.05, 0.1) is 0 Å². The molecule has 3 N–H and O–H groups in total. The van der Waals surface area contributed by atoms with E-state index >= 15 is 0 Å². The van der Waals surface area contributed by atoms with E-state index in [1.807, 2.05) is 5.34 Å². The van der Waals surface area contributed by atoms with Crippen molar-refractivity contribution >= 4 is 5.97 Å². The summed E-state index contributed by atoms with van der Waals surface area (Å²) in [7, 11) is 0. The van der Waals surface area contributed by atoms with E-state index in [4.69, 9.17) is 10.8 Å². The number of aromatic hydroxyl groups is 1. The first-order valence-corrected chi connectivity index (χ1v) is 4.20. The molecule has 80 valence electrons. The number of phenolic OH excluding ortho intramolecular Hbond substituents is 1. The molecule has 0 heterocycles. The molecule has 1 atom stereocenters. The molecule has 0 amide bonds. The van der Waals surface area contributed by atoms with Crippen molar-refractivity contribution in [2.75, 3.05) is 0 Å². The zero-order valence-electron chi connectivity index (χ0n) is 7.79. The molecule has 0 spiro atoms. The normalized spacial score (nSPS) is 11.8. The number of carbonyl (C=O) groups is 1. The molecule has 1 aromatic rings. The van der Waals surface area contributed by atoms with Crippen LogP contribution < -0.4 is 5.73 Å². The number of hydrogen-bond donors (Lipinski definition) is 2. The SMILES string of the molecule is N[C@@H](Cc1ccc(O)cc1)C(=O)ON=O. The first kappa shape index (κ1) is 11.1. The lowest BCUT2D eigenvalue weighted by Gasteiger charge is -2.06. The molecule has 0 fully saturated rings. The first-order chi connectivity index (χ1) is 7.13. The summed E-state index contributed by atoms with van der Waals surface area (Å²) in [5, 5.41) is 11.0. The minimum atomic E-state index is -0.938. The van der Waals surface area contributed by atoms with Gasteiger partial charge in [-0.25, -0.2) is 4.79 Å². The minimum Gasteiger partial charge on any atom is -0.508 e. The number of carbonyl (C=O) groups excluding carboxylic acids is 1. The molecule has 1 aromatic carbocycles. The van der Waals surface area contributed by atoms with E-state index in [9.17, 15) is 9.70 Å². The molecular formula is C9H10N2O4. The molecule has 0 aliphatic rings. The van der Waals surface area contributed by atoms with Gasteiger partial charge in [0, 0.05) is 0 Å². The lowest BCUT2D eigenvalue weighted by Crippen LogP contribution is -2.33. The Bertz CT molecular complexity index is 350. The lowest BCUT2D eigenvalue weighted by atomic mass is 10.1. The van der Waals surface area contributed by atoms with Crippen LogP contribution in [0.15, 0.2) is 29.6 Å². The Morgan fingerprint density at radius 1 is 1.47 bits per heavy atom. The summed E-state index contributed by atoms with van der Waals surface area (Å²) in [4.78, 5) is 24.4. The molecule has 0 aliphatic carbocycles. The lowest BCUT2D eigenvalue weighted by molar-refractivity contribution is -0.145. The van der Waals surface area contributed by atoms with Gasteiger partial charge in [-0.15, -0.1) is 4.91 Å². The predicted octanol–water partition coefficient (Wildman–Crippen LogP) is 0.487. The van der Waals surface area contributed by atoms with Crippen LogP contribution in [0.5, 0.6) is 5.75 Å². The Kier molecular flexibility index (Phi) is 3.75. The Balaban J connectivity index is 2.57. The Morgan fingerprint density at radius 3 is 2.60 bits per heavy atom. The molecule has 1 rings (SSSR count). The molecule has 0 saturated heterocycles. The summed E-state index contributed by atoms with van der Waals surface area (Å²) in [6.07, 6.45) is 0.217. The van der Waals surface area contributed by atoms with Gasteiger partial charge in [-0.1, -0.05) is 12.1 Å². The molecule has 0 aliphatic heterocycles. The standard InChI is InChI=1S/C9H10N2O4/c10-8(9(13)15-11-14)5-6-1-3-7(12)4-2-6/h1-4,8,12H,5,10H2/t8-/m0/s1. The van der Waals surface area contributed by atoms with Crippen LogP contribution in [0.1, 0.15) is 5.56 Å². The van der Waals surface area contributed by atoms with Crippen molar-refractivity contribution in [3.63, 3.8) is 0 Å². The van der Waals surface area contributed by atoms with Crippen LogP contribution in [0.3, 0.4) is 0 Å². The first-order valence-electron chi connectivity index (χ1n) is 4.20. The van der Waals surface area contributed by atoms with E-state index in [0.717, 1.165) is 5.56 Å². The monoisotopic (exact) mass is 210 g/mol. The van der Waals surface area contributed by atoms with Crippen molar-refractivity contribution in [3.05, 3.63) is 34.7 Å². The van der Waals surface area contributed by atoms with Gasteiger partial charge in [0.15, 0.2) is 5.34 Å². The molecule has 0 bridgehead atoms. The van der Waals surface area contributed by atoms with Crippen LogP contribution in [0.4, 0.5) is 0 Å². The second-order valence-corrected chi connectivity index (χ2v) is 2.96. The molecule has 0 aromatic heterocycles. The highest BCUT2D eigenvalue weighted by atomic mass is 16.7. The van der Waals surface area contributed by atoms with Gasteiger partial charge in [0.2, 0.25) is 0 Å². The summed E-state index contributed by atoms with van der Waals surface area (Å²) in [6, 6.07) is 5.26. The third-order valence-corrected chi connectivity index (χ3v) is 1.82. The smallest absolute Gasteiger partial charge is 0.355 e. The number of nitrogens with zero attached hydrogens (tertiary/aromatic N) is 1. The van der Waals surface area contributed by atoms with Crippen molar-refractivity contribution in [2.45, 2.75) is 12.5 Å². The van der Waals surface area contributed by atoms with Crippen LogP contribution in [-0.2, 0) is 16.1 Å². The Labute approximate surface area is 85.6 Å². The Morgan fingerprint density at radius 2 is 2.07 bits per heavy atom. The summed E-state index contributed by atoms with van der Waals surface area (Å²) in [6.45, 7) is 0. The zero-order chi connectivity index (χ0) is 11.3. The van der Waals surface area contributed by atoms with Crippen molar-refractivity contribution in [2.24, 2.45) is 11.1 Å². The van der Waals surface area contributed by atoms with Gasteiger partial charge in [-0.2, -0.15) is 0 Å². The molecule has 0 radical (unpaired) electrons. The van der Waals surface area contributed by atoms with Crippen molar-refractivity contribution in [1.29, 1.82) is 0 Å². The van der Waals surface area contributed by atoms with Gasteiger partial charge in [-0.3, -0.25) is 4.84 Å². The second kappa shape index (κ2) is 5.06.